The first-order chi connectivity index (χ1) is 17.1. The second-order valence-corrected chi connectivity index (χ2v) is 10.2. The van der Waals surface area contributed by atoms with Crippen LogP contribution in [0.2, 0.25) is 0 Å². The molecule has 2 amide bonds. The molecule has 1 atom stereocenters. The van der Waals surface area contributed by atoms with Gasteiger partial charge < -0.3 is 10.2 Å². The van der Waals surface area contributed by atoms with Crippen molar-refractivity contribution in [3.05, 3.63) is 95.8 Å². The van der Waals surface area contributed by atoms with E-state index in [9.17, 15) is 22.4 Å². The molecular formula is C27H30FN3O4S. The standard InChI is InChI=1S/C27H30FN3O4S/c1-4-29-27(33)21(3)30(18-22-12-10-20(2)11-13-22)26(32)19-31(24-16-14-23(28)15-17-24)36(34,35)25-8-6-5-7-9-25/h5-17,21H,4,18-19H2,1-3H3,(H,29,33)/t21-/m1/s1. The van der Waals surface area contributed by atoms with Gasteiger partial charge in [0, 0.05) is 13.1 Å². The van der Waals surface area contributed by atoms with Crippen molar-refractivity contribution >= 4 is 27.5 Å². The molecule has 9 heteroatoms. The van der Waals surface area contributed by atoms with Gasteiger partial charge in [-0.1, -0.05) is 48.0 Å². The van der Waals surface area contributed by atoms with Gasteiger partial charge in [-0.05, 0) is 62.7 Å². The first kappa shape index (κ1) is 26.9. The number of benzene rings is 3. The van der Waals surface area contributed by atoms with E-state index in [-0.39, 0.29) is 23.0 Å². The minimum Gasteiger partial charge on any atom is -0.355 e. The lowest BCUT2D eigenvalue weighted by molar-refractivity contribution is -0.139. The number of nitrogens with one attached hydrogen (secondary N) is 1. The van der Waals surface area contributed by atoms with Gasteiger partial charge in [-0.15, -0.1) is 0 Å². The number of amides is 2. The minimum atomic E-state index is -4.17. The summed E-state index contributed by atoms with van der Waals surface area (Å²) in [6, 6.07) is 19.3. The third kappa shape index (κ3) is 6.48. The quantitative estimate of drug-likeness (QED) is 0.448. The highest BCUT2D eigenvalue weighted by atomic mass is 32.2. The number of nitrogens with zero attached hydrogens (tertiary/aromatic N) is 2. The second kappa shape index (κ2) is 11.8. The lowest BCUT2D eigenvalue weighted by Crippen LogP contribution is -2.51. The molecule has 0 saturated carbocycles. The Bertz CT molecular complexity index is 1280. The topological polar surface area (TPSA) is 86.8 Å². The smallest absolute Gasteiger partial charge is 0.264 e. The third-order valence-corrected chi connectivity index (χ3v) is 7.50. The number of likely N-dealkylation sites (N-methyl/N-ethyl adjacent to an activating group) is 1. The van der Waals surface area contributed by atoms with Crippen LogP contribution >= 0.6 is 0 Å². The lowest BCUT2D eigenvalue weighted by Gasteiger charge is -2.32. The number of hydrogen-bond donors (Lipinski definition) is 1. The van der Waals surface area contributed by atoms with Crippen molar-refractivity contribution in [1.29, 1.82) is 0 Å². The molecule has 1 N–H and O–H groups in total. The SMILES string of the molecule is CCNC(=O)[C@@H](C)N(Cc1ccc(C)cc1)C(=O)CN(c1ccc(F)cc1)S(=O)(=O)c1ccccc1. The maximum atomic E-state index is 13.7. The zero-order valence-corrected chi connectivity index (χ0v) is 21.3. The summed E-state index contributed by atoms with van der Waals surface area (Å²) in [5, 5.41) is 2.72. The van der Waals surface area contributed by atoms with Crippen molar-refractivity contribution in [2.45, 2.75) is 38.3 Å². The average molecular weight is 512 g/mol. The van der Waals surface area contributed by atoms with E-state index in [0.29, 0.717) is 6.54 Å². The monoisotopic (exact) mass is 511 g/mol. The number of sulfonamides is 1. The van der Waals surface area contributed by atoms with Crippen molar-refractivity contribution in [3.8, 4) is 0 Å². The minimum absolute atomic E-state index is 0.0102. The van der Waals surface area contributed by atoms with E-state index in [1.54, 1.807) is 32.0 Å². The van der Waals surface area contributed by atoms with E-state index in [2.05, 4.69) is 5.32 Å². The average Bonchev–Trinajstić information content (AvgIpc) is 2.87. The number of rotatable bonds is 10. The first-order valence-corrected chi connectivity index (χ1v) is 13.0. The Morgan fingerprint density at radius 2 is 1.56 bits per heavy atom. The van der Waals surface area contributed by atoms with E-state index in [1.807, 2.05) is 31.2 Å². The van der Waals surface area contributed by atoms with Gasteiger partial charge in [-0.25, -0.2) is 12.8 Å². The van der Waals surface area contributed by atoms with Crippen molar-refractivity contribution in [2.75, 3.05) is 17.4 Å². The van der Waals surface area contributed by atoms with Crippen molar-refractivity contribution < 1.29 is 22.4 Å². The Balaban J connectivity index is 2.00. The fourth-order valence-electron chi connectivity index (χ4n) is 3.65. The molecule has 0 aliphatic heterocycles. The zero-order valence-electron chi connectivity index (χ0n) is 20.5. The van der Waals surface area contributed by atoms with E-state index in [4.69, 9.17) is 0 Å². The summed E-state index contributed by atoms with van der Waals surface area (Å²) >= 11 is 0. The molecule has 0 aliphatic carbocycles. The molecule has 190 valence electrons. The van der Waals surface area contributed by atoms with Crippen LogP contribution in [-0.4, -0.2) is 44.3 Å². The Kier molecular flexibility index (Phi) is 8.82. The molecule has 36 heavy (non-hydrogen) atoms. The summed E-state index contributed by atoms with van der Waals surface area (Å²) in [4.78, 5) is 27.7. The molecule has 0 fully saturated rings. The van der Waals surface area contributed by atoms with Gasteiger partial charge in [0.1, 0.15) is 18.4 Å². The summed E-state index contributed by atoms with van der Waals surface area (Å²) in [5.41, 5.74) is 1.98. The molecule has 7 nitrogen and oxygen atoms in total. The van der Waals surface area contributed by atoms with Gasteiger partial charge >= 0.3 is 0 Å². The van der Waals surface area contributed by atoms with Crippen LogP contribution in [0, 0.1) is 12.7 Å². The van der Waals surface area contributed by atoms with Gasteiger partial charge in [0.2, 0.25) is 11.8 Å². The summed E-state index contributed by atoms with van der Waals surface area (Å²) in [5.74, 6) is -1.46. The molecule has 3 rings (SSSR count). The van der Waals surface area contributed by atoms with Crippen LogP contribution in [0.5, 0.6) is 0 Å². The number of aryl methyl sites for hydroxylation is 1. The molecule has 3 aromatic rings. The Labute approximate surface area is 211 Å². The predicted octanol–water partition coefficient (Wildman–Crippen LogP) is 3.88. The molecule has 0 aromatic heterocycles. The van der Waals surface area contributed by atoms with Crippen LogP contribution in [0.25, 0.3) is 0 Å². The lowest BCUT2D eigenvalue weighted by atomic mass is 10.1. The summed E-state index contributed by atoms with van der Waals surface area (Å²) in [6.45, 7) is 5.25. The predicted molar refractivity (Wildman–Crippen MR) is 137 cm³/mol. The van der Waals surface area contributed by atoms with Crippen molar-refractivity contribution in [1.82, 2.24) is 10.2 Å². The van der Waals surface area contributed by atoms with Crippen LogP contribution in [0.15, 0.2) is 83.8 Å². The van der Waals surface area contributed by atoms with E-state index >= 15 is 0 Å². The maximum absolute atomic E-state index is 13.7. The van der Waals surface area contributed by atoms with E-state index in [1.165, 1.54) is 29.2 Å². The number of hydrogen-bond acceptors (Lipinski definition) is 4. The van der Waals surface area contributed by atoms with Crippen molar-refractivity contribution in [3.63, 3.8) is 0 Å². The van der Waals surface area contributed by atoms with Crippen LogP contribution in [0.1, 0.15) is 25.0 Å². The highest BCUT2D eigenvalue weighted by molar-refractivity contribution is 7.92. The molecule has 0 bridgehead atoms. The molecule has 0 heterocycles. The summed E-state index contributed by atoms with van der Waals surface area (Å²) < 4.78 is 41.7. The largest absolute Gasteiger partial charge is 0.355 e. The molecule has 0 aliphatic rings. The van der Waals surface area contributed by atoms with Crippen LogP contribution < -0.4 is 9.62 Å². The van der Waals surface area contributed by atoms with Crippen LogP contribution in [-0.2, 0) is 26.2 Å². The highest BCUT2D eigenvalue weighted by Crippen LogP contribution is 2.25. The fourth-order valence-corrected chi connectivity index (χ4v) is 5.09. The van der Waals surface area contributed by atoms with Gasteiger partial charge in [0.15, 0.2) is 0 Å². The molecule has 0 saturated heterocycles. The van der Waals surface area contributed by atoms with Crippen LogP contribution in [0.4, 0.5) is 10.1 Å². The van der Waals surface area contributed by atoms with Crippen molar-refractivity contribution in [2.24, 2.45) is 0 Å². The molecular weight excluding hydrogens is 481 g/mol. The normalized spacial score (nSPS) is 12.0. The molecule has 0 unspecified atom stereocenters. The zero-order chi connectivity index (χ0) is 26.3. The molecule has 0 spiro atoms. The van der Waals surface area contributed by atoms with Gasteiger partial charge in [-0.2, -0.15) is 0 Å². The van der Waals surface area contributed by atoms with Crippen LogP contribution in [0.3, 0.4) is 0 Å². The maximum Gasteiger partial charge on any atom is 0.264 e. The van der Waals surface area contributed by atoms with Gasteiger partial charge in [-0.3, -0.25) is 13.9 Å². The summed E-state index contributed by atoms with van der Waals surface area (Å²) in [7, 11) is -4.17. The van der Waals surface area contributed by atoms with Gasteiger partial charge in [0.05, 0.1) is 10.6 Å². The summed E-state index contributed by atoms with van der Waals surface area (Å²) in [6.07, 6.45) is 0. The Morgan fingerprint density at radius 3 is 2.14 bits per heavy atom. The first-order valence-electron chi connectivity index (χ1n) is 11.6. The second-order valence-electron chi connectivity index (χ2n) is 8.38. The number of carbonyl (C=O) groups is 2. The van der Waals surface area contributed by atoms with E-state index < -0.39 is 34.3 Å². The number of halogens is 1. The molecule has 0 radical (unpaired) electrons. The fraction of sp³-hybridized carbons (Fsp3) is 0.259. The third-order valence-electron chi connectivity index (χ3n) is 5.72. The Morgan fingerprint density at radius 1 is 0.944 bits per heavy atom. The van der Waals surface area contributed by atoms with E-state index in [0.717, 1.165) is 27.6 Å². The Hall–Kier alpha value is -3.72. The number of carbonyl (C=O) groups excluding carboxylic acids is 2. The van der Waals surface area contributed by atoms with Gasteiger partial charge in [0.25, 0.3) is 10.0 Å². The number of anilines is 1. The molecule has 3 aromatic carbocycles. The highest BCUT2D eigenvalue weighted by Gasteiger charge is 2.32.